The number of ether oxygens (including phenoxy) is 2. The van der Waals surface area contributed by atoms with Gasteiger partial charge in [-0.2, -0.15) is 0 Å². The molecule has 1 rings (SSSR count). The molecular formula is C7H11BrN2O2S. The van der Waals surface area contributed by atoms with Gasteiger partial charge < -0.3 is 14.8 Å². The Morgan fingerprint density at radius 2 is 2.31 bits per heavy atom. The van der Waals surface area contributed by atoms with Crippen molar-refractivity contribution in [2.24, 2.45) is 0 Å². The number of methoxy groups -OCH3 is 2. The summed E-state index contributed by atoms with van der Waals surface area (Å²) in [6.07, 6.45) is -0.234. The molecule has 0 saturated heterocycles. The number of thiazole rings is 1. The zero-order valence-electron chi connectivity index (χ0n) is 7.41. The molecule has 0 saturated carbocycles. The molecule has 1 aromatic heterocycles. The van der Waals surface area contributed by atoms with Crippen molar-refractivity contribution in [3.8, 4) is 0 Å². The van der Waals surface area contributed by atoms with Crippen molar-refractivity contribution < 1.29 is 9.47 Å². The molecule has 0 aliphatic carbocycles. The highest BCUT2D eigenvalue weighted by Gasteiger charge is 2.05. The highest BCUT2D eigenvalue weighted by molar-refractivity contribution is 9.10. The van der Waals surface area contributed by atoms with Gasteiger partial charge in [0.2, 0.25) is 0 Å². The number of hydrogen-bond donors (Lipinski definition) is 1. The number of hydrogen-bond acceptors (Lipinski definition) is 5. The van der Waals surface area contributed by atoms with Crippen LogP contribution in [0.1, 0.15) is 0 Å². The van der Waals surface area contributed by atoms with E-state index in [-0.39, 0.29) is 6.29 Å². The molecule has 74 valence electrons. The van der Waals surface area contributed by atoms with Gasteiger partial charge in [-0.1, -0.05) is 0 Å². The highest BCUT2D eigenvalue weighted by Crippen LogP contribution is 2.19. The zero-order chi connectivity index (χ0) is 9.68. The van der Waals surface area contributed by atoms with Gasteiger partial charge in [0.05, 0.1) is 6.54 Å². The second-order valence-corrected chi connectivity index (χ2v) is 3.93. The molecule has 4 nitrogen and oxygen atoms in total. The maximum Gasteiger partial charge on any atom is 0.183 e. The van der Waals surface area contributed by atoms with E-state index in [9.17, 15) is 0 Å². The Balaban J connectivity index is 2.33. The molecule has 0 radical (unpaired) electrons. The van der Waals surface area contributed by atoms with E-state index in [1.807, 2.05) is 5.38 Å². The Kier molecular flexibility index (Phi) is 4.65. The Bertz CT molecular complexity index is 252. The summed E-state index contributed by atoms with van der Waals surface area (Å²) in [6, 6.07) is 0. The Hall–Kier alpha value is -0.170. The van der Waals surface area contributed by atoms with Crippen LogP contribution in [0.25, 0.3) is 0 Å². The first kappa shape index (κ1) is 10.9. The van der Waals surface area contributed by atoms with Gasteiger partial charge in [0.25, 0.3) is 0 Å². The third-order valence-corrected chi connectivity index (χ3v) is 2.93. The molecule has 0 spiro atoms. The van der Waals surface area contributed by atoms with E-state index < -0.39 is 0 Å². The first-order valence-electron chi connectivity index (χ1n) is 3.66. The van der Waals surface area contributed by atoms with Crippen LogP contribution in [0.2, 0.25) is 0 Å². The summed E-state index contributed by atoms with van der Waals surface area (Å²) in [5.74, 6) is 0. The molecule has 0 atom stereocenters. The predicted octanol–water partition coefficient (Wildman–Crippen LogP) is 1.94. The monoisotopic (exact) mass is 266 g/mol. The number of nitrogens with one attached hydrogen (secondary N) is 1. The van der Waals surface area contributed by atoms with Gasteiger partial charge in [0.1, 0.15) is 4.60 Å². The molecule has 0 unspecified atom stereocenters. The maximum absolute atomic E-state index is 5.01. The van der Waals surface area contributed by atoms with Crippen LogP contribution in [-0.2, 0) is 9.47 Å². The van der Waals surface area contributed by atoms with E-state index in [0.29, 0.717) is 6.54 Å². The van der Waals surface area contributed by atoms with Crippen LogP contribution in [-0.4, -0.2) is 32.0 Å². The lowest BCUT2D eigenvalue weighted by Crippen LogP contribution is -2.23. The van der Waals surface area contributed by atoms with Crippen LogP contribution in [0.4, 0.5) is 5.13 Å². The predicted molar refractivity (Wildman–Crippen MR) is 56.1 cm³/mol. The van der Waals surface area contributed by atoms with Crippen molar-refractivity contribution in [1.82, 2.24) is 4.98 Å². The Morgan fingerprint density at radius 1 is 1.62 bits per heavy atom. The average Bonchev–Trinajstić information content (AvgIpc) is 2.53. The fourth-order valence-electron chi connectivity index (χ4n) is 0.769. The van der Waals surface area contributed by atoms with Crippen molar-refractivity contribution in [1.29, 1.82) is 0 Å². The maximum atomic E-state index is 5.01. The summed E-state index contributed by atoms with van der Waals surface area (Å²) in [4.78, 5) is 4.16. The van der Waals surface area contributed by atoms with Crippen molar-refractivity contribution in [3.63, 3.8) is 0 Å². The molecule has 0 aliphatic heterocycles. The number of rotatable bonds is 5. The highest BCUT2D eigenvalue weighted by atomic mass is 79.9. The first-order chi connectivity index (χ1) is 6.26. The third kappa shape index (κ3) is 3.60. The molecule has 1 N–H and O–H groups in total. The fourth-order valence-corrected chi connectivity index (χ4v) is 1.92. The van der Waals surface area contributed by atoms with E-state index in [0.717, 1.165) is 9.73 Å². The number of nitrogens with zero attached hydrogens (tertiary/aromatic N) is 1. The van der Waals surface area contributed by atoms with Crippen LogP contribution >= 0.6 is 27.3 Å². The zero-order valence-corrected chi connectivity index (χ0v) is 9.81. The molecule has 1 aromatic rings. The molecule has 0 bridgehead atoms. The van der Waals surface area contributed by atoms with E-state index in [2.05, 4.69) is 26.2 Å². The summed E-state index contributed by atoms with van der Waals surface area (Å²) >= 11 is 4.80. The van der Waals surface area contributed by atoms with Crippen molar-refractivity contribution >= 4 is 32.4 Å². The number of halogens is 1. The Labute approximate surface area is 89.4 Å². The molecule has 0 fully saturated rings. The van der Waals surface area contributed by atoms with Crippen LogP contribution < -0.4 is 5.32 Å². The van der Waals surface area contributed by atoms with Crippen LogP contribution in [0.15, 0.2) is 9.98 Å². The lowest BCUT2D eigenvalue weighted by Gasteiger charge is -2.12. The number of aromatic nitrogens is 1. The van der Waals surface area contributed by atoms with Crippen molar-refractivity contribution in [2.75, 3.05) is 26.1 Å². The third-order valence-electron chi connectivity index (χ3n) is 1.42. The first-order valence-corrected chi connectivity index (χ1v) is 5.34. The minimum absolute atomic E-state index is 0.234. The normalized spacial score (nSPS) is 10.8. The quantitative estimate of drug-likeness (QED) is 0.828. The van der Waals surface area contributed by atoms with Crippen molar-refractivity contribution in [2.45, 2.75) is 6.29 Å². The van der Waals surface area contributed by atoms with Crippen molar-refractivity contribution in [3.05, 3.63) is 9.98 Å². The van der Waals surface area contributed by atoms with E-state index in [4.69, 9.17) is 9.47 Å². The molecule has 0 amide bonds. The van der Waals surface area contributed by atoms with Gasteiger partial charge in [-0.25, -0.2) is 4.98 Å². The minimum atomic E-state index is -0.234. The standard InChI is InChI=1S/C7H11BrN2O2S/c1-11-6(12-2)3-9-7-10-5(8)4-13-7/h4,6H,3H2,1-2H3,(H,9,10). The second kappa shape index (κ2) is 5.54. The molecule has 6 heteroatoms. The molecule has 0 aromatic carbocycles. The average molecular weight is 267 g/mol. The minimum Gasteiger partial charge on any atom is -0.356 e. The molecular weight excluding hydrogens is 256 g/mol. The van der Waals surface area contributed by atoms with Gasteiger partial charge in [-0.15, -0.1) is 11.3 Å². The number of anilines is 1. The summed E-state index contributed by atoms with van der Waals surface area (Å²) in [7, 11) is 3.21. The van der Waals surface area contributed by atoms with Gasteiger partial charge in [0, 0.05) is 19.6 Å². The summed E-state index contributed by atoms with van der Waals surface area (Å²) < 4.78 is 10.9. The van der Waals surface area contributed by atoms with E-state index in [1.165, 1.54) is 11.3 Å². The van der Waals surface area contributed by atoms with Crippen LogP contribution in [0, 0.1) is 0 Å². The summed E-state index contributed by atoms with van der Waals surface area (Å²) in [5.41, 5.74) is 0. The summed E-state index contributed by atoms with van der Waals surface area (Å²) in [6.45, 7) is 0.590. The van der Waals surface area contributed by atoms with Gasteiger partial charge >= 0.3 is 0 Å². The summed E-state index contributed by atoms with van der Waals surface area (Å²) in [5, 5.41) is 5.86. The SMILES string of the molecule is COC(CNc1nc(Br)cs1)OC. The lowest BCUT2D eigenvalue weighted by atomic mass is 10.6. The van der Waals surface area contributed by atoms with E-state index in [1.54, 1.807) is 14.2 Å². The van der Waals surface area contributed by atoms with Gasteiger partial charge in [-0.3, -0.25) is 0 Å². The second-order valence-electron chi connectivity index (χ2n) is 2.26. The molecule has 1 heterocycles. The fraction of sp³-hybridized carbons (Fsp3) is 0.571. The lowest BCUT2D eigenvalue weighted by molar-refractivity contribution is -0.0914. The molecule has 13 heavy (non-hydrogen) atoms. The topological polar surface area (TPSA) is 43.4 Å². The molecule has 0 aliphatic rings. The smallest absolute Gasteiger partial charge is 0.183 e. The van der Waals surface area contributed by atoms with Crippen LogP contribution in [0.3, 0.4) is 0 Å². The van der Waals surface area contributed by atoms with Crippen LogP contribution in [0.5, 0.6) is 0 Å². The van der Waals surface area contributed by atoms with Gasteiger partial charge in [0.15, 0.2) is 11.4 Å². The van der Waals surface area contributed by atoms with Gasteiger partial charge in [-0.05, 0) is 15.9 Å². The largest absolute Gasteiger partial charge is 0.356 e. The Morgan fingerprint density at radius 3 is 2.77 bits per heavy atom. The van der Waals surface area contributed by atoms with E-state index >= 15 is 0 Å².